The number of hydrogen-bond acceptors (Lipinski definition) is 8. The van der Waals surface area contributed by atoms with Crippen molar-refractivity contribution in [2.45, 2.75) is 18.8 Å². The number of ether oxygens (including phenoxy) is 2. The van der Waals surface area contributed by atoms with Crippen LogP contribution in [0.15, 0.2) is 96.4 Å². The highest BCUT2D eigenvalue weighted by atomic mass is 32.1. The third-order valence-corrected chi connectivity index (χ3v) is 9.90. The summed E-state index contributed by atoms with van der Waals surface area (Å²) in [6.45, 7) is -0.479. The van der Waals surface area contributed by atoms with Crippen LogP contribution in [0.3, 0.4) is 0 Å². The van der Waals surface area contributed by atoms with Gasteiger partial charge < -0.3 is 9.47 Å². The van der Waals surface area contributed by atoms with E-state index in [9.17, 15) is 24.0 Å². The molecule has 7 rings (SSSR count). The lowest BCUT2D eigenvalue weighted by Crippen LogP contribution is -2.33. The van der Waals surface area contributed by atoms with Crippen LogP contribution < -0.4 is 9.64 Å². The zero-order valence-corrected chi connectivity index (χ0v) is 24.3. The van der Waals surface area contributed by atoms with Crippen LogP contribution in [0.25, 0.3) is 0 Å². The molecule has 1 aromatic heterocycles. The van der Waals surface area contributed by atoms with Crippen molar-refractivity contribution in [3.05, 3.63) is 118 Å². The smallest absolute Gasteiger partial charge is 0.353 e. The van der Waals surface area contributed by atoms with Crippen LogP contribution in [-0.2, 0) is 14.3 Å². The summed E-state index contributed by atoms with van der Waals surface area (Å²) in [6, 6.07) is 25.8. The van der Waals surface area contributed by atoms with Gasteiger partial charge >= 0.3 is 11.9 Å². The predicted molar refractivity (Wildman–Crippen MR) is 162 cm³/mol. The first kappa shape index (κ1) is 27.9. The molecule has 4 aromatic rings. The molecule has 1 aliphatic heterocycles. The average molecular weight is 606 g/mol. The van der Waals surface area contributed by atoms with Crippen molar-refractivity contribution in [3.63, 3.8) is 0 Å². The van der Waals surface area contributed by atoms with E-state index in [4.69, 9.17) is 9.47 Å². The molecule has 1 saturated heterocycles. The van der Waals surface area contributed by atoms with Crippen LogP contribution in [0.5, 0.6) is 5.75 Å². The van der Waals surface area contributed by atoms with E-state index in [-0.39, 0.29) is 47.0 Å². The van der Waals surface area contributed by atoms with E-state index < -0.39 is 24.3 Å². The molecule has 220 valence electrons. The van der Waals surface area contributed by atoms with Gasteiger partial charge in [-0.05, 0) is 96.1 Å². The third-order valence-electron chi connectivity index (χ3n) is 9.05. The number of imide groups is 1. The normalized spacial score (nSPS) is 23.5. The van der Waals surface area contributed by atoms with Crippen LogP contribution in [0.2, 0.25) is 0 Å². The first-order valence-electron chi connectivity index (χ1n) is 14.5. The van der Waals surface area contributed by atoms with Gasteiger partial charge in [0.15, 0.2) is 12.4 Å². The van der Waals surface area contributed by atoms with Crippen LogP contribution in [0.4, 0.5) is 5.69 Å². The zero-order chi connectivity index (χ0) is 30.4. The number of carbonyl (C=O) groups excluding carboxylic acids is 5. The van der Waals surface area contributed by atoms with Gasteiger partial charge in [0.2, 0.25) is 11.8 Å². The Morgan fingerprint density at radius 1 is 0.750 bits per heavy atom. The highest BCUT2D eigenvalue weighted by molar-refractivity contribution is 7.12. The van der Waals surface area contributed by atoms with Crippen molar-refractivity contribution in [2.24, 2.45) is 23.7 Å². The topological polar surface area (TPSA) is 107 Å². The summed E-state index contributed by atoms with van der Waals surface area (Å²) in [7, 11) is 0. The highest BCUT2D eigenvalue weighted by Gasteiger charge is 2.64. The molecule has 9 heteroatoms. The quantitative estimate of drug-likeness (QED) is 0.106. The summed E-state index contributed by atoms with van der Waals surface area (Å²) in [5, 5.41) is 1.78. The van der Waals surface area contributed by atoms with Crippen LogP contribution in [0, 0.1) is 23.7 Å². The number of Topliss-reactive ketones (excluding diaryl/α,β-unsaturated/α-hetero) is 1. The highest BCUT2D eigenvalue weighted by Crippen LogP contribution is 2.61. The second-order valence-corrected chi connectivity index (χ2v) is 12.4. The average Bonchev–Trinajstić information content (AvgIpc) is 3.85. The van der Waals surface area contributed by atoms with Crippen LogP contribution >= 0.6 is 11.3 Å². The van der Waals surface area contributed by atoms with E-state index in [1.54, 1.807) is 29.6 Å². The molecule has 3 aromatic carbocycles. The molecule has 0 N–H and O–H groups in total. The van der Waals surface area contributed by atoms with Gasteiger partial charge in [0, 0.05) is 5.56 Å². The SMILES string of the molecule is O=C(COC(=O)c1ccc(N2C(=O)[C@@H]3[C@@H]4C[C@@H]([C@@H]3C2=O)[C@@H](c2ccccc2)C4)cc1)c1ccc(OC(=O)c2cccs2)cc1. The lowest BCUT2D eigenvalue weighted by atomic mass is 9.73. The third kappa shape index (κ3) is 4.93. The van der Waals surface area contributed by atoms with Crippen molar-refractivity contribution in [3.8, 4) is 5.75 Å². The summed E-state index contributed by atoms with van der Waals surface area (Å²) in [5.41, 5.74) is 2.15. The Balaban J connectivity index is 0.958. The monoisotopic (exact) mass is 605 g/mol. The summed E-state index contributed by atoms with van der Waals surface area (Å²) in [4.78, 5) is 66.1. The molecule has 2 aliphatic carbocycles. The summed E-state index contributed by atoms with van der Waals surface area (Å²) in [6.07, 6.45) is 1.82. The largest absolute Gasteiger partial charge is 0.454 e. The Morgan fingerprint density at radius 3 is 2.16 bits per heavy atom. The molecular formula is C35H27NO7S. The first-order chi connectivity index (χ1) is 21.4. The molecule has 2 bridgehead atoms. The minimum Gasteiger partial charge on any atom is -0.454 e. The number of hydrogen-bond donors (Lipinski definition) is 0. The fourth-order valence-electron chi connectivity index (χ4n) is 7.10. The number of nitrogens with zero attached hydrogens (tertiary/aromatic N) is 1. The van der Waals surface area contributed by atoms with E-state index >= 15 is 0 Å². The van der Waals surface area contributed by atoms with Crippen molar-refractivity contribution < 1.29 is 33.4 Å². The van der Waals surface area contributed by atoms with Gasteiger partial charge in [0.25, 0.3) is 0 Å². The second kappa shape index (κ2) is 11.3. The number of rotatable bonds is 8. The van der Waals surface area contributed by atoms with Gasteiger partial charge in [0.1, 0.15) is 10.6 Å². The predicted octanol–water partition coefficient (Wildman–Crippen LogP) is 5.94. The Bertz CT molecular complexity index is 1750. The molecule has 0 unspecified atom stereocenters. The van der Waals surface area contributed by atoms with E-state index in [1.807, 2.05) is 18.2 Å². The summed E-state index contributed by atoms with van der Waals surface area (Å²) >= 11 is 1.27. The maximum atomic E-state index is 13.6. The van der Waals surface area contributed by atoms with E-state index in [1.165, 1.54) is 58.2 Å². The molecule has 0 radical (unpaired) electrons. The lowest BCUT2D eigenvalue weighted by molar-refractivity contribution is -0.123. The summed E-state index contributed by atoms with van der Waals surface area (Å²) in [5.74, 6) is -1.61. The minimum atomic E-state index is -0.703. The number of amides is 2. The van der Waals surface area contributed by atoms with Crippen molar-refractivity contribution in [1.82, 2.24) is 0 Å². The van der Waals surface area contributed by atoms with Gasteiger partial charge in [-0.3, -0.25) is 19.3 Å². The van der Waals surface area contributed by atoms with E-state index in [0.29, 0.717) is 21.9 Å². The van der Waals surface area contributed by atoms with Crippen molar-refractivity contribution in [2.75, 3.05) is 11.5 Å². The van der Waals surface area contributed by atoms with Crippen LogP contribution in [-0.4, -0.2) is 36.1 Å². The Kier molecular flexibility index (Phi) is 7.18. The Morgan fingerprint density at radius 2 is 1.45 bits per heavy atom. The molecule has 44 heavy (non-hydrogen) atoms. The van der Waals surface area contributed by atoms with E-state index in [0.717, 1.165) is 12.8 Å². The fourth-order valence-corrected chi connectivity index (χ4v) is 7.70. The maximum absolute atomic E-state index is 13.6. The number of anilines is 1. The first-order valence-corrected chi connectivity index (χ1v) is 15.4. The maximum Gasteiger partial charge on any atom is 0.353 e. The number of thiophene rings is 1. The molecule has 2 heterocycles. The fraction of sp³-hybridized carbons (Fsp3) is 0.229. The number of carbonyl (C=O) groups is 5. The Hall–Kier alpha value is -4.89. The molecule has 3 aliphatic rings. The van der Waals surface area contributed by atoms with Gasteiger partial charge in [0.05, 0.1) is 23.1 Å². The Labute approximate surface area is 257 Å². The second-order valence-electron chi connectivity index (χ2n) is 11.4. The number of fused-ring (bicyclic) bond motifs is 5. The molecule has 3 fully saturated rings. The number of esters is 2. The van der Waals surface area contributed by atoms with Crippen LogP contribution in [0.1, 0.15) is 54.7 Å². The van der Waals surface area contributed by atoms with Gasteiger partial charge in [-0.25, -0.2) is 9.59 Å². The van der Waals surface area contributed by atoms with Gasteiger partial charge in [-0.2, -0.15) is 0 Å². The van der Waals surface area contributed by atoms with E-state index in [2.05, 4.69) is 12.1 Å². The number of benzene rings is 3. The summed E-state index contributed by atoms with van der Waals surface area (Å²) < 4.78 is 10.5. The molecule has 2 amide bonds. The molecule has 0 spiro atoms. The molecule has 5 atom stereocenters. The van der Waals surface area contributed by atoms with Gasteiger partial charge in [-0.15, -0.1) is 11.3 Å². The zero-order valence-electron chi connectivity index (χ0n) is 23.5. The minimum absolute atomic E-state index is 0.151. The standard InChI is InChI=1S/C35H27NO7S/c37-28(21-10-14-25(15-11-21)43-35(41)29-7-4-16-44-29)19-42-34(40)22-8-12-24(13-9-22)36-32(38)30-23-17-26(20-5-2-1-3-6-20)27(18-23)31(30)33(36)39/h1-16,23,26-27,30-31H,17-19H2/t23-,26+,27+,30+,31-/m0/s1. The molecular weight excluding hydrogens is 578 g/mol. The molecule has 2 saturated carbocycles. The van der Waals surface area contributed by atoms with Crippen molar-refractivity contribution >= 4 is 46.6 Å². The molecule has 8 nitrogen and oxygen atoms in total. The van der Waals surface area contributed by atoms with Crippen molar-refractivity contribution in [1.29, 1.82) is 0 Å². The van der Waals surface area contributed by atoms with Gasteiger partial charge in [-0.1, -0.05) is 36.4 Å². The lowest BCUT2D eigenvalue weighted by Gasteiger charge is -2.28. The number of ketones is 1.